The maximum Gasteiger partial charge on any atom is 0.242 e. The first-order valence-electron chi connectivity index (χ1n) is 6.89. The van der Waals surface area contributed by atoms with Crippen molar-refractivity contribution in [2.24, 2.45) is 5.73 Å². The number of rotatable bonds is 4. The van der Waals surface area contributed by atoms with Gasteiger partial charge in [0.25, 0.3) is 0 Å². The molecule has 0 aliphatic heterocycles. The molecule has 2 aromatic carbocycles. The first-order chi connectivity index (χ1) is 9.71. The summed E-state index contributed by atoms with van der Waals surface area (Å²) in [6, 6.07) is 19.0. The van der Waals surface area contributed by atoms with Gasteiger partial charge in [-0.15, -0.1) is 0 Å². The molecule has 3 N–H and O–H groups in total. The third-order valence-electron chi connectivity index (χ3n) is 3.88. The maximum atomic E-state index is 12.3. The Morgan fingerprint density at radius 1 is 1.00 bits per heavy atom. The molecular weight excluding hydrogens is 248 g/mol. The van der Waals surface area contributed by atoms with Gasteiger partial charge < -0.3 is 11.1 Å². The minimum atomic E-state index is -0.614. The molecule has 1 fully saturated rings. The van der Waals surface area contributed by atoms with E-state index in [1.54, 1.807) is 0 Å². The highest BCUT2D eigenvalue weighted by Crippen LogP contribution is 2.45. The summed E-state index contributed by atoms with van der Waals surface area (Å²) >= 11 is 0. The molecule has 1 aliphatic carbocycles. The van der Waals surface area contributed by atoms with Crippen molar-refractivity contribution >= 4 is 5.91 Å². The summed E-state index contributed by atoms with van der Waals surface area (Å²) in [6.45, 7) is 0. The lowest BCUT2D eigenvalue weighted by molar-refractivity contribution is -0.123. The smallest absolute Gasteiger partial charge is 0.242 e. The molecule has 0 radical (unpaired) electrons. The standard InChI is InChI=1S/C17H18N2O/c18-15(13-7-3-1-4-8-13)16(20)19-17(11-12-17)14-9-5-2-6-10-14/h1-10,15H,11-12,18H2,(H,19,20). The lowest BCUT2D eigenvalue weighted by Crippen LogP contribution is -2.40. The second kappa shape index (κ2) is 5.10. The molecule has 1 atom stereocenters. The van der Waals surface area contributed by atoms with Gasteiger partial charge in [0.05, 0.1) is 5.54 Å². The molecule has 1 saturated carbocycles. The zero-order chi connectivity index (χ0) is 14.0. The highest BCUT2D eigenvalue weighted by molar-refractivity contribution is 5.84. The molecule has 20 heavy (non-hydrogen) atoms. The summed E-state index contributed by atoms with van der Waals surface area (Å²) in [5.41, 5.74) is 7.84. The highest BCUT2D eigenvalue weighted by atomic mass is 16.2. The fourth-order valence-electron chi connectivity index (χ4n) is 2.49. The predicted octanol–water partition coefficient (Wildman–Crippen LogP) is 2.49. The van der Waals surface area contributed by atoms with E-state index >= 15 is 0 Å². The van der Waals surface area contributed by atoms with Crippen LogP contribution in [0.1, 0.15) is 30.0 Å². The molecule has 3 nitrogen and oxygen atoms in total. The number of hydrogen-bond donors (Lipinski definition) is 2. The van der Waals surface area contributed by atoms with Crippen LogP contribution in [-0.4, -0.2) is 5.91 Å². The summed E-state index contributed by atoms with van der Waals surface area (Å²) in [7, 11) is 0. The Bertz CT molecular complexity index is 591. The van der Waals surface area contributed by atoms with Gasteiger partial charge in [-0.3, -0.25) is 4.79 Å². The number of nitrogens with one attached hydrogen (secondary N) is 1. The number of nitrogens with two attached hydrogens (primary N) is 1. The van der Waals surface area contributed by atoms with Crippen molar-refractivity contribution in [1.82, 2.24) is 5.32 Å². The van der Waals surface area contributed by atoms with Crippen LogP contribution in [0.4, 0.5) is 0 Å². The number of carbonyl (C=O) groups excluding carboxylic acids is 1. The zero-order valence-electron chi connectivity index (χ0n) is 11.3. The molecule has 0 aromatic heterocycles. The predicted molar refractivity (Wildman–Crippen MR) is 78.9 cm³/mol. The SMILES string of the molecule is NC(C(=O)NC1(c2ccccc2)CC1)c1ccccc1. The zero-order valence-corrected chi connectivity index (χ0v) is 11.3. The fraction of sp³-hybridized carbons (Fsp3) is 0.235. The lowest BCUT2D eigenvalue weighted by atomic mass is 10.0. The molecule has 102 valence electrons. The van der Waals surface area contributed by atoms with Gasteiger partial charge in [-0.2, -0.15) is 0 Å². The molecule has 1 unspecified atom stereocenters. The third-order valence-corrected chi connectivity index (χ3v) is 3.88. The summed E-state index contributed by atoms with van der Waals surface area (Å²) < 4.78 is 0. The van der Waals surface area contributed by atoms with E-state index in [1.807, 2.05) is 48.5 Å². The van der Waals surface area contributed by atoms with E-state index in [0.29, 0.717) is 0 Å². The second-order valence-corrected chi connectivity index (χ2v) is 5.33. The first kappa shape index (κ1) is 12.9. The van der Waals surface area contributed by atoms with Crippen molar-refractivity contribution in [3.05, 3.63) is 71.8 Å². The minimum absolute atomic E-state index is 0.113. The Kier molecular flexibility index (Phi) is 3.28. The number of hydrogen-bond acceptors (Lipinski definition) is 2. The van der Waals surface area contributed by atoms with Gasteiger partial charge in [-0.25, -0.2) is 0 Å². The molecule has 1 aliphatic rings. The van der Waals surface area contributed by atoms with Gasteiger partial charge in [-0.1, -0.05) is 60.7 Å². The largest absolute Gasteiger partial charge is 0.345 e. The summed E-state index contributed by atoms with van der Waals surface area (Å²) in [5, 5.41) is 3.12. The van der Waals surface area contributed by atoms with Crippen LogP contribution >= 0.6 is 0 Å². The second-order valence-electron chi connectivity index (χ2n) is 5.33. The molecular formula is C17H18N2O. The number of amides is 1. The number of carbonyl (C=O) groups is 1. The Balaban J connectivity index is 1.74. The molecule has 3 heteroatoms. The monoisotopic (exact) mass is 266 g/mol. The van der Waals surface area contributed by atoms with Crippen molar-refractivity contribution < 1.29 is 4.79 Å². The minimum Gasteiger partial charge on any atom is -0.345 e. The molecule has 0 spiro atoms. The van der Waals surface area contributed by atoms with Crippen LogP contribution in [0.15, 0.2) is 60.7 Å². The van der Waals surface area contributed by atoms with Gasteiger partial charge in [0.2, 0.25) is 5.91 Å². The van der Waals surface area contributed by atoms with Crippen molar-refractivity contribution in [3.63, 3.8) is 0 Å². The van der Waals surface area contributed by atoms with Gasteiger partial charge in [0.1, 0.15) is 6.04 Å². The quantitative estimate of drug-likeness (QED) is 0.893. The Hall–Kier alpha value is -2.13. The normalized spacial score (nSPS) is 17.2. The topological polar surface area (TPSA) is 55.1 Å². The van der Waals surface area contributed by atoms with Gasteiger partial charge in [0.15, 0.2) is 0 Å². The van der Waals surface area contributed by atoms with E-state index in [2.05, 4.69) is 17.4 Å². The third kappa shape index (κ3) is 2.45. The Labute approximate surface area is 118 Å². The van der Waals surface area contributed by atoms with Crippen LogP contribution in [-0.2, 0) is 10.3 Å². The van der Waals surface area contributed by atoms with E-state index in [1.165, 1.54) is 0 Å². The Morgan fingerprint density at radius 3 is 2.10 bits per heavy atom. The molecule has 1 amide bonds. The van der Waals surface area contributed by atoms with E-state index in [-0.39, 0.29) is 11.4 Å². The summed E-state index contributed by atoms with van der Waals surface area (Å²) in [4.78, 5) is 12.3. The van der Waals surface area contributed by atoms with Gasteiger partial charge >= 0.3 is 0 Å². The van der Waals surface area contributed by atoms with E-state index in [4.69, 9.17) is 5.73 Å². The van der Waals surface area contributed by atoms with Gasteiger partial charge in [0, 0.05) is 0 Å². The van der Waals surface area contributed by atoms with Crippen LogP contribution in [0.5, 0.6) is 0 Å². The van der Waals surface area contributed by atoms with Crippen LogP contribution in [0, 0.1) is 0 Å². The highest BCUT2D eigenvalue weighted by Gasteiger charge is 2.46. The lowest BCUT2D eigenvalue weighted by Gasteiger charge is -2.21. The molecule has 2 aromatic rings. The molecule has 0 heterocycles. The van der Waals surface area contributed by atoms with Crippen molar-refractivity contribution in [2.75, 3.05) is 0 Å². The van der Waals surface area contributed by atoms with Crippen LogP contribution < -0.4 is 11.1 Å². The van der Waals surface area contributed by atoms with Crippen molar-refractivity contribution in [1.29, 1.82) is 0 Å². The average Bonchev–Trinajstić information content (AvgIpc) is 3.29. The first-order valence-corrected chi connectivity index (χ1v) is 6.89. The summed E-state index contributed by atoms with van der Waals surface area (Å²) in [5.74, 6) is -0.113. The van der Waals surface area contributed by atoms with Gasteiger partial charge in [-0.05, 0) is 24.0 Å². The maximum absolute atomic E-state index is 12.3. The fourth-order valence-corrected chi connectivity index (χ4v) is 2.49. The van der Waals surface area contributed by atoms with E-state index < -0.39 is 6.04 Å². The van der Waals surface area contributed by atoms with Crippen molar-refractivity contribution in [2.45, 2.75) is 24.4 Å². The van der Waals surface area contributed by atoms with Crippen molar-refractivity contribution in [3.8, 4) is 0 Å². The molecule has 0 saturated heterocycles. The Morgan fingerprint density at radius 2 is 1.55 bits per heavy atom. The number of benzene rings is 2. The summed E-state index contributed by atoms with van der Waals surface area (Å²) in [6.07, 6.45) is 1.95. The van der Waals surface area contributed by atoms with Crippen LogP contribution in [0.2, 0.25) is 0 Å². The molecule has 0 bridgehead atoms. The average molecular weight is 266 g/mol. The van der Waals surface area contributed by atoms with Crippen LogP contribution in [0.3, 0.4) is 0 Å². The van der Waals surface area contributed by atoms with Crippen LogP contribution in [0.25, 0.3) is 0 Å². The van der Waals surface area contributed by atoms with E-state index in [0.717, 1.165) is 24.0 Å². The molecule has 3 rings (SSSR count). The van der Waals surface area contributed by atoms with E-state index in [9.17, 15) is 4.79 Å².